The van der Waals surface area contributed by atoms with Gasteiger partial charge >= 0.3 is 6.03 Å². The van der Waals surface area contributed by atoms with Gasteiger partial charge in [0.15, 0.2) is 5.96 Å². The van der Waals surface area contributed by atoms with Crippen LogP contribution in [0.15, 0.2) is 4.99 Å². The molecule has 2 saturated heterocycles. The van der Waals surface area contributed by atoms with Gasteiger partial charge in [-0.2, -0.15) is 0 Å². The minimum Gasteiger partial charge on any atom is -0.352 e. The van der Waals surface area contributed by atoms with E-state index in [-0.39, 0.29) is 48.3 Å². The molecule has 0 aromatic heterocycles. The van der Waals surface area contributed by atoms with Gasteiger partial charge in [-0.3, -0.25) is 19.9 Å². The van der Waals surface area contributed by atoms with Crippen molar-refractivity contribution in [2.45, 2.75) is 44.2 Å². The molecule has 4 N–H and O–H groups in total. The van der Waals surface area contributed by atoms with E-state index in [9.17, 15) is 14.4 Å². The van der Waals surface area contributed by atoms with E-state index in [2.05, 4.69) is 31.2 Å². The number of hydrogen-bond donors (Lipinski definition) is 4. The highest BCUT2D eigenvalue weighted by Gasteiger charge is 2.48. The minimum atomic E-state index is -0.843. The van der Waals surface area contributed by atoms with Gasteiger partial charge in [-0.05, 0) is 38.5 Å². The first-order valence-electron chi connectivity index (χ1n) is 8.81. The zero-order valence-electron chi connectivity index (χ0n) is 15.1. The number of halogens is 1. The van der Waals surface area contributed by atoms with Crippen LogP contribution in [0.5, 0.6) is 0 Å². The van der Waals surface area contributed by atoms with Crippen LogP contribution in [0.25, 0.3) is 0 Å². The lowest BCUT2D eigenvalue weighted by molar-refractivity contribution is -0.125. The average Bonchev–Trinajstić information content (AvgIpc) is 3.34. The van der Waals surface area contributed by atoms with E-state index in [0.717, 1.165) is 25.7 Å². The van der Waals surface area contributed by atoms with Crippen LogP contribution < -0.4 is 21.3 Å². The van der Waals surface area contributed by atoms with Crippen molar-refractivity contribution in [1.82, 2.24) is 26.2 Å². The van der Waals surface area contributed by atoms with Gasteiger partial charge in [0, 0.05) is 26.2 Å². The normalized spacial score (nSPS) is 26.7. The number of carbonyl (C=O) groups excluding carboxylic acids is 3. The van der Waals surface area contributed by atoms with Gasteiger partial charge in [-0.1, -0.05) is 0 Å². The second-order valence-electron chi connectivity index (χ2n) is 7.11. The van der Waals surface area contributed by atoms with Gasteiger partial charge in [-0.15, -0.1) is 24.0 Å². The Morgan fingerprint density at radius 1 is 1.27 bits per heavy atom. The quantitative estimate of drug-likeness (QED) is 0.193. The Hall–Kier alpha value is -1.59. The monoisotopic (exact) mass is 478 g/mol. The van der Waals surface area contributed by atoms with E-state index in [4.69, 9.17) is 0 Å². The van der Waals surface area contributed by atoms with Crippen molar-refractivity contribution in [2.24, 2.45) is 10.9 Å². The third-order valence-corrected chi connectivity index (χ3v) is 5.24. The Bertz CT molecular complexity index is 601. The number of amides is 4. The van der Waals surface area contributed by atoms with Crippen molar-refractivity contribution in [3.63, 3.8) is 0 Å². The number of carbonyl (C=O) groups is 3. The van der Waals surface area contributed by atoms with Crippen LogP contribution in [0.2, 0.25) is 0 Å². The van der Waals surface area contributed by atoms with Crippen molar-refractivity contribution in [3.8, 4) is 0 Å². The Labute approximate surface area is 170 Å². The highest BCUT2D eigenvalue weighted by Crippen LogP contribution is 2.30. The number of hydrogen-bond acceptors (Lipinski definition) is 4. The number of aliphatic imine (C=N–C) groups is 1. The lowest BCUT2D eigenvalue weighted by atomic mass is 9.79. The molecule has 0 aromatic rings. The standard InChI is InChI=1S/C16H26N6O3.HI/c1-16(13(24)20-15(25)21-16)10-5-7-22(8-6-10)14(17-2)18-9-12(23)19-11-3-4-11;/h10-11H,3-9H2,1-2H3,(H,17,18)(H,19,23)(H2,20,21,24,25);1H. The van der Waals surface area contributed by atoms with Crippen molar-refractivity contribution < 1.29 is 14.4 Å². The Morgan fingerprint density at radius 2 is 1.92 bits per heavy atom. The lowest BCUT2D eigenvalue weighted by Crippen LogP contribution is -2.55. The summed E-state index contributed by atoms with van der Waals surface area (Å²) in [6.45, 7) is 3.42. The summed E-state index contributed by atoms with van der Waals surface area (Å²) in [5.74, 6) is 0.493. The first kappa shape index (κ1) is 20.7. The SMILES string of the molecule is CN=C(NCC(=O)NC1CC1)N1CCC(C2(C)NC(=O)NC2=O)CC1.I. The van der Waals surface area contributed by atoms with Crippen molar-refractivity contribution in [1.29, 1.82) is 0 Å². The number of nitrogens with one attached hydrogen (secondary N) is 4. The molecular weight excluding hydrogens is 451 g/mol. The molecule has 2 aliphatic heterocycles. The summed E-state index contributed by atoms with van der Waals surface area (Å²) in [6.07, 6.45) is 3.66. The molecule has 0 spiro atoms. The van der Waals surface area contributed by atoms with E-state index in [1.807, 2.05) is 0 Å². The fourth-order valence-electron chi connectivity index (χ4n) is 3.51. The summed E-state index contributed by atoms with van der Waals surface area (Å²) in [5.41, 5.74) is -0.843. The molecule has 1 saturated carbocycles. The van der Waals surface area contributed by atoms with Crippen molar-refractivity contribution in [3.05, 3.63) is 0 Å². The molecule has 0 bridgehead atoms. The molecular formula is C16H27IN6O3. The molecule has 2 heterocycles. The van der Waals surface area contributed by atoms with Gasteiger partial charge < -0.3 is 20.9 Å². The number of piperidine rings is 1. The smallest absolute Gasteiger partial charge is 0.322 e. The van der Waals surface area contributed by atoms with Crippen molar-refractivity contribution >= 4 is 47.8 Å². The third-order valence-electron chi connectivity index (χ3n) is 5.24. The van der Waals surface area contributed by atoms with E-state index >= 15 is 0 Å². The number of guanidine groups is 1. The number of rotatable bonds is 4. The van der Waals surface area contributed by atoms with Crippen LogP contribution in [0, 0.1) is 5.92 Å². The summed E-state index contributed by atoms with van der Waals surface area (Å²) in [4.78, 5) is 41.6. The molecule has 3 rings (SSSR count). The summed E-state index contributed by atoms with van der Waals surface area (Å²) < 4.78 is 0. The van der Waals surface area contributed by atoms with Gasteiger partial charge in [0.2, 0.25) is 5.91 Å². The summed E-state index contributed by atoms with van der Waals surface area (Å²) in [6, 6.07) is -0.0744. The largest absolute Gasteiger partial charge is 0.352 e. The molecule has 1 aliphatic carbocycles. The maximum absolute atomic E-state index is 12.1. The Kier molecular flexibility index (Phi) is 6.69. The predicted molar refractivity (Wildman–Crippen MR) is 107 cm³/mol. The molecule has 1 atom stereocenters. The zero-order valence-corrected chi connectivity index (χ0v) is 17.5. The van der Waals surface area contributed by atoms with Crippen LogP contribution in [-0.2, 0) is 9.59 Å². The van der Waals surface area contributed by atoms with Crippen LogP contribution in [0.3, 0.4) is 0 Å². The number of urea groups is 1. The van der Waals surface area contributed by atoms with E-state index < -0.39 is 11.6 Å². The van der Waals surface area contributed by atoms with Gasteiger partial charge in [0.25, 0.3) is 5.91 Å². The van der Waals surface area contributed by atoms with E-state index in [1.165, 1.54) is 0 Å². The van der Waals surface area contributed by atoms with Crippen molar-refractivity contribution in [2.75, 3.05) is 26.7 Å². The van der Waals surface area contributed by atoms with Gasteiger partial charge in [-0.25, -0.2) is 4.79 Å². The molecule has 10 heteroatoms. The molecule has 1 unspecified atom stereocenters. The second-order valence-corrected chi connectivity index (χ2v) is 7.11. The molecule has 0 radical (unpaired) electrons. The molecule has 4 amide bonds. The highest BCUT2D eigenvalue weighted by atomic mass is 127. The third kappa shape index (κ3) is 4.57. The van der Waals surface area contributed by atoms with Gasteiger partial charge in [0.1, 0.15) is 5.54 Å². The molecule has 26 heavy (non-hydrogen) atoms. The van der Waals surface area contributed by atoms with Crippen LogP contribution in [-0.4, -0.2) is 67.0 Å². The van der Waals surface area contributed by atoms with Crippen LogP contribution in [0.4, 0.5) is 4.79 Å². The van der Waals surface area contributed by atoms with E-state index in [0.29, 0.717) is 25.1 Å². The fourth-order valence-corrected chi connectivity index (χ4v) is 3.51. The number of likely N-dealkylation sites (tertiary alicyclic amines) is 1. The summed E-state index contributed by atoms with van der Waals surface area (Å²) in [5, 5.41) is 11.1. The first-order chi connectivity index (χ1) is 11.9. The predicted octanol–water partition coefficient (Wildman–Crippen LogP) is -0.231. The summed E-state index contributed by atoms with van der Waals surface area (Å²) >= 11 is 0. The zero-order chi connectivity index (χ0) is 18.0. The lowest BCUT2D eigenvalue weighted by Gasteiger charge is -2.39. The molecule has 146 valence electrons. The molecule has 3 aliphatic rings. The second kappa shape index (κ2) is 8.40. The molecule has 9 nitrogen and oxygen atoms in total. The topological polar surface area (TPSA) is 115 Å². The Morgan fingerprint density at radius 3 is 2.42 bits per heavy atom. The maximum atomic E-state index is 12.1. The van der Waals surface area contributed by atoms with Crippen LogP contribution in [0.1, 0.15) is 32.6 Å². The minimum absolute atomic E-state index is 0. The highest BCUT2D eigenvalue weighted by molar-refractivity contribution is 14.0. The van der Waals surface area contributed by atoms with Gasteiger partial charge in [0.05, 0.1) is 6.54 Å². The first-order valence-corrected chi connectivity index (χ1v) is 8.81. The molecule has 3 fully saturated rings. The maximum Gasteiger partial charge on any atom is 0.322 e. The Balaban J connectivity index is 0.00000243. The van der Waals surface area contributed by atoms with Crippen LogP contribution >= 0.6 is 24.0 Å². The van der Waals surface area contributed by atoms with E-state index in [1.54, 1.807) is 14.0 Å². The fraction of sp³-hybridized carbons (Fsp3) is 0.750. The average molecular weight is 478 g/mol. The molecule has 0 aromatic carbocycles. The number of nitrogens with zero attached hydrogens (tertiary/aromatic N) is 2. The summed E-state index contributed by atoms with van der Waals surface area (Å²) in [7, 11) is 1.69. The number of imide groups is 1.